The monoisotopic (exact) mass is 313 g/mol. The van der Waals surface area contributed by atoms with Crippen LogP contribution in [0.1, 0.15) is 6.42 Å². The van der Waals surface area contributed by atoms with E-state index in [2.05, 4.69) is 27.5 Å². The molecular formula is C9H16INO3. The Morgan fingerprint density at radius 2 is 2.14 bits per heavy atom. The highest BCUT2D eigenvalue weighted by Crippen LogP contribution is 1.97. The average Bonchev–Trinajstić information content (AvgIpc) is 2.20. The Balaban J connectivity index is 1.99. The maximum atomic E-state index is 11.0. The molecule has 0 aliphatic carbocycles. The molecule has 0 radical (unpaired) electrons. The normalized spacial score (nSPS) is 18.1. The molecule has 1 aliphatic rings. The van der Waals surface area contributed by atoms with Gasteiger partial charge in [0.05, 0.1) is 19.6 Å². The van der Waals surface area contributed by atoms with E-state index in [0.29, 0.717) is 13.0 Å². The molecule has 0 atom stereocenters. The van der Waals surface area contributed by atoms with Crippen LogP contribution < -0.4 is 0 Å². The van der Waals surface area contributed by atoms with Crippen LogP contribution in [-0.4, -0.2) is 54.8 Å². The van der Waals surface area contributed by atoms with E-state index >= 15 is 0 Å². The van der Waals surface area contributed by atoms with E-state index in [1.54, 1.807) is 0 Å². The maximum Gasteiger partial charge on any atom is 0.306 e. The van der Waals surface area contributed by atoms with Gasteiger partial charge in [0, 0.05) is 24.1 Å². The molecule has 0 unspecified atom stereocenters. The number of esters is 1. The highest BCUT2D eigenvalue weighted by Gasteiger charge is 2.10. The number of halogens is 1. The van der Waals surface area contributed by atoms with Crippen molar-refractivity contribution in [1.29, 1.82) is 0 Å². The van der Waals surface area contributed by atoms with Crippen LogP contribution in [0.5, 0.6) is 0 Å². The summed E-state index contributed by atoms with van der Waals surface area (Å²) in [4.78, 5) is 13.3. The van der Waals surface area contributed by atoms with Crippen molar-refractivity contribution in [3.05, 3.63) is 0 Å². The maximum absolute atomic E-state index is 11.0. The molecule has 0 amide bonds. The largest absolute Gasteiger partial charge is 0.464 e. The van der Waals surface area contributed by atoms with Crippen molar-refractivity contribution in [3.63, 3.8) is 0 Å². The Morgan fingerprint density at radius 3 is 2.79 bits per heavy atom. The number of ether oxygens (including phenoxy) is 2. The SMILES string of the molecule is O=C(CCI)OCCN1CCOCC1. The van der Waals surface area contributed by atoms with Gasteiger partial charge in [-0.1, -0.05) is 22.6 Å². The van der Waals surface area contributed by atoms with Gasteiger partial charge in [0.2, 0.25) is 0 Å². The summed E-state index contributed by atoms with van der Waals surface area (Å²) < 4.78 is 11.1. The van der Waals surface area contributed by atoms with Gasteiger partial charge in [-0.25, -0.2) is 0 Å². The zero-order valence-electron chi connectivity index (χ0n) is 8.21. The minimum Gasteiger partial charge on any atom is -0.464 e. The first-order chi connectivity index (χ1) is 6.83. The van der Waals surface area contributed by atoms with Crippen molar-refractivity contribution in [2.24, 2.45) is 0 Å². The van der Waals surface area contributed by atoms with Crippen molar-refractivity contribution < 1.29 is 14.3 Å². The zero-order valence-corrected chi connectivity index (χ0v) is 10.4. The van der Waals surface area contributed by atoms with Crippen LogP contribution in [0.15, 0.2) is 0 Å². The lowest BCUT2D eigenvalue weighted by Crippen LogP contribution is -2.38. The first-order valence-electron chi connectivity index (χ1n) is 4.84. The highest BCUT2D eigenvalue weighted by atomic mass is 127. The number of hydrogen-bond donors (Lipinski definition) is 0. The van der Waals surface area contributed by atoms with Crippen molar-refractivity contribution in [2.75, 3.05) is 43.9 Å². The molecule has 0 bridgehead atoms. The summed E-state index contributed by atoms with van der Waals surface area (Å²) in [7, 11) is 0. The van der Waals surface area contributed by atoms with Crippen LogP contribution >= 0.6 is 22.6 Å². The molecule has 1 aliphatic heterocycles. The fourth-order valence-corrected chi connectivity index (χ4v) is 1.70. The summed E-state index contributed by atoms with van der Waals surface area (Å²) in [6.07, 6.45) is 0.518. The smallest absolute Gasteiger partial charge is 0.306 e. The van der Waals surface area contributed by atoms with Crippen molar-refractivity contribution >= 4 is 28.6 Å². The topological polar surface area (TPSA) is 38.8 Å². The minimum atomic E-state index is -0.0901. The zero-order chi connectivity index (χ0) is 10.2. The summed E-state index contributed by atoms with van der Waals surface area (Å²) in [5, 5.41) is 0. The summed E-state index contributed by atoms with van der Waals surface area (Å²) in [6, 6.07) is 0. The first kappa shape index (κ1) is 12.2. The van der Waals surface area contributed by atoms with Crippen LogP contribution in [0.25, 0.3) is 0 Å². The highest BCUT2D eigenvalue weighted by molar-refractivity contribution is 14.1. The molecule has 1 fully saturated rings. The molecule has 1 saturated heterocycles. The fourth-order valence-electron chi connectivity index (χ4n) is 1.26. The quantitative estimate of drug-likeness (QED) is 0.425. The molecule has 0 saturated carbocycles. The molecule has 0 N–H and O–H groups in total. The number of carbonyl (C=O) groups excluding carboxylic acids is 1. The van der Waals surface area contributed by atoms with Gasteiger partial charge < -0.3 is 9.47 Å². The van der Waals surface area contributed by atoms with Crippen LogP contribution in [-0.2, 0) is 14.3 Å². The number of nitrogens with zero attached hydrogens (tertiary/aromatic N) is 1. The van der Waals surface area contributed by atoms with Gasteiger partial charge in [0.15, 0.2) is 0 Å². The Labute approximate surface area is 98.1 Å². The lowest BCUT2D eigenvalue weighted by molar-refractivity contribution is -0.143. The van der Waals surface area contributed by atoms with Crippen molar-refractivity contribution in [2.45, 2.75) is 6.42 Å². The third kappa shape index (κ3) is 5.11. The van der Waals surface area contributed by atoms with Crippen LogP contribution in [0.4, 0.5) is 0 Å². The molecule has 0 spiro atoms. The Hall–Kier alpha value is 0.120. The predicted octanol–water partition coefficient (Wildman–Crippen LogP) is 0.687. The Kier molecular flexibility index (Phi) is 6.46. The van der Waals surface area contributed by atoms with E-state index in [-0.39, 0.29) is 5.97 Å². The summed E-state index contributed by atoms with van der Waals surface area (Å²) in [5.74, 6) is -0.0901. The molecule has 14 heavy (non-hydrogen) atoms. The third-order valence-electron chi connectivity index (χ3n) is 2.07. The van der Waals surface area contributed by atoms with Crippen LogP contribution in [0.2, 0.25) is 0 Å². The van der Waals surface area contributed by atoms with Gasteiger partial charge in [-0.05, 0) is 0 Å². The minimum absolute atomic E-state index is 0.0901. The van der Waals surface area contributed by atoms with Crippen LogP contribution in [0, 0.1) is 0 Å². The average molecular weight is 313 g/mol. The van der Waals surface area contributed by atoms with Gasteiger partial charge in [-0.2, -0.15) is 0 Å². The van der Waals surface area contributed by atoms with Gasteiger partial charge in [-0.3, -0.25) is 9.69 Å². The van der Waals surface area contributed by atoms with E-state index < -0.39 is 0 Å². The summed E-state index contributed by atoms with van der Waals surface area (Å²) in [6.45, 7) is 4.82. The second kappa shape index (κ2) is 7.42. The van der Waals surface area contributed by atoms with Crippen molar-refractivity contribution in [3.8, 4) is 0 Å². The molecule has 0 aromatic heterocycles. The number of rotatable bonds is 5. The molecular weight excluding hydrogens is 297 g/mol. The second-order valence-electron chi connectivity index (χ2n) is 3.11. The van der Waals surface area contributed by atoms with E-state index in [9.17, 15) is 4.79 Å². The molecule has 0 aromatic rings. The summed E-state index contributed by atoms with van der Waals surface area (Å²) in [5.41, 5.74) is 0. The van der Waals surface area contributed by atoms with E-state index in [0.717, 1.165) is 37.3 Å². The fraction of sp³-hybridized carbons (Fsp3) is 0.889. The van der Waals surface area contributed by atoms with E-state index in [1.165, 1.54) is 0 Å². The van der Waals surface area contributed by atoms with Gasteiger partial charge in [-0.15, -0.1) is 0 Å². The second-order valence-corrected chi connectivity index (χ2v) is 4.19. The molecule has 0 aromatic carbocycles. The Morgan fingerprint density at radius 1 is 1.43 bits per heavy atom. The van der Waals surface area contributed by atoms with Crippen LogP contribution in [0.3, 0.4) is 0 Å². The molecule has 82 valence electrons. The van der Waals surface area contributed by atoms with Crippen molar-refractivity contribution in [1.82, 2.24) is 4.90 Å². The van der Waals surface area contributed by atoms with E-state index in [1.807, 2.05) is 0 Å². The number of hydrogen-bond acceptors (Lipinski definition) is 4. The predicted molar refractivity (Wildman–Crippen MR) is 61.7 cm³/mol. The van der Waals surface area contributed by atoms with Gasteiger partial charge in [0.25, 0.3) is 0 Å². The molecule has 4 nitrogen and oxygen atoms in total. The molecule has 1 rings (SSSR count). The molecule has 5 heteroatoms. The molecule has 1 heterocycles. The first-order valence-corrected chi connectivity index (χ1v) is 6.37. The summed E-state index contributed by atoms with van der Waals surface area (Å²) >= 11 is 2.17. The lowest BCUT2D eigenvalue weighted by atomic mass is 10.4. The number of morpholine rings is 1. The Bertz CT molecular complexity index is 171. The number of alkyl halides is 1. The van der Waals surface area contributed by atoms with Gasteiger partial charge >= 0.3 is 5.97 Å². The van der Waals surface area contributed by atoms with Gasteiger partial charge in [0.1, 0.15) is 6.61 Å². The standard InChI is InChI=1S/C9H16INO3/c10-2-1-9(12)14-8-5-11-3-6-13-7-4-11/h1-8H2. The third-order valence-corrected chi connectivity index (χ3v) is 2.61. The number of carbonyl (C=O) groups is 1. The lowest BCUT2D eigenvalue weighted by Gasteiger charge is -2.26. The van der Waals surface area contributed by atoms with E-state index in [4.69, 9.17) is 9.47 Å².